The lowest BCUT2D eigenvalue weighted by Crippen LogP contribution is -2.06. The van der Waals surface area contributed by atoms with E-state index in [9.17, 15) is 0 Å². The Morgan fingerprint density at radius 1 is 1.21 bits per heavy atom. The number of nitrogens with one attached hydrogen (secondary N) is 1. The number of hydrogen-bond acceptors (Lipinski definition) is 4. The van der Waals surface area contributed by atoms with Gasteiger partial charge in [0, 0.05) is 12.1 Å². The first kappa shape index (κ1) is 13.0. The summed E-state index contributed by atoms with van der Waals surface area (Å²) in [5.74, 6) is 0.765. The van der Waals surface area contributed by atoms with Crippen LogP contribution in [0.2, 0.25) is 0 Å². The first-order valence-electron chi connectivity index (χ1n) is 6.25. The van der Waals surface area contributed by atoms with Crippen molar-refractivity contribution in [2.75, 3.05) is 11.9 Å². The molecule has 1 aromatic heterocycles. The second kappa shape index (κ2) is 5.49. The number of aryl methyl sites for hydroxylation is 2. The van der Waals surface area contributed by atoms with E-state index >= 15 is 0 Å². The molecule has 1 heterocycles. The molecule has 0 bridgehead atoms. The van der Waals surface area contributed by atoms with Crippen LogP contribution in [0.4, 0.5) is 5.82 Å². The molecule has 1 aromatic carbocycles. The molecule has 0 fully saturated rings. The van der Waals surface area contributed by atoms with Gasteiger partial charge in [0.05, 0.1) is 23.0 Å². The van der Waals surface area contributed by atoms with E-state index < -0.39 is 0 Å². The van der Waals surface area contributed by atoms with Crippen LogP contribution >= 0.6 is 0 Å². The monoisotopic (exact) mass is 252 g/mol. The zero-order valence-electron chi connectivity index (χ0n) is 11.4. The Kier molecular flexibility index (Phi) is 3.76. The van der Waals surface area contributed by atoms with E-state index in [0.29, 0.717) is 5.56 Å². The summed E-state index contributed by atoms with van der Waals surface area (Å²) >= 11 is 0. The van der Waals surface area contributed by atoms with Gasteiger partial charge in [-0.25, -0.2) is 9.97 Å². The fraction of sp³-hybridized carbons (Fsp3) is 0.267. The summed E-state index contributed by atoms with van der Waals surface area (Å²) in [4.78, 5) is 9.14. The zero-order valence-corrected chi connectivity index (χ0v) is 11.4. The highest BCUT2D eigenvalue weighted by Crippen LogP contribution is 2.26. The van der Waals surface area contributed by atoms with Gasteiger partial charge < -0.3 is 5.32 Å². The van der Waals surface area contributed by atoms with Gasteiger partial charge in [-0.15, -0.1) is 0 Å². The van der Waals surface area contributed by atoms with Gasteiger partial charge in [0.15, 0.2) is 5.82 Å². The Balaban J connectivity index is 2.59. The summed E-state index contributed by atoms with van der Waals surface area (Å²) in [5.41, 5.74) is 4.14. The Hall–Kier alpha value is -2.41. The van der Waals surface area contributed by atoms with Gasteiger partial charge in [0.2, 0.25) is 0 Å². The number of benzene rings is 1. The molecule has 0 spiro atoms. The summed E-state index contributed by atoms with van der Waals surface area (Å²) in [6.07, 6.45) is 0. The SMILES string of the molecule is CCNc1nc(C)c(C)nc1-c1cccc(C#N)c1. The van der Waals surface area contributed by atoms with Crippen LogP contribution < -0.4 is 5.32 Å². The number of aromatic nitrogens is 2. The summed E-state index contributed by atoms with van der Waals surface area (Å²) in [5, 5.41) is 12.2. The van der Waals surface area contributed by atoms with E-state index in [4.69, 9.17) is 5.26 Å². The van der Waals surface area contributed by atoms with Gasteiger partial charge >= 0.3 is 0 Å². The highest BCUT2D eigenvalue weighted by molar-refractivity contribution is 5.72. The quantitative estimate of drug-likeness (QED) is 0.912. The molecule has 0 saturated heterocycles. The first-order chi connectivity index (χ1) is 9.15. The lowest BCUT2D eigenvalue weighted by molar-refractivity contribution is 1.03. The number of anilines is 1. The van der Waals surface area contributed by atoms with Crippen LogP contribution in [0.5, 0.6) is 0 Å². The van der Waals surface area contributed by atoms with Crippen LogP contribution in [0.3, 0.4) is 0 Å². The molecule has 96 valence electrons. The van der Waals surface area contributed by atoms with Crippen molar-refractivity contribution in [1.29, 1.82) is 5.26 Å². The van der Waals surface area contributed by atoms with E-state index in [0.717, 1.165) is 35.0 Å². The van der Waals surface area contributed by atoms with Crippen LogP contribution in [-0.4, -0.2) is 16.5 Å². The first-order valence-corrected chi connectivity index (χ1v) is 6.25. The van der Waals surface area contributed by atoms with Gasteiger partial charge in [0.25, 0.3) is 0 Å². The van der Waals surface area contributed by atoms with Gasteiger partial charge in [0.1, 0.15) is 5.69 Å². The average molecular weight is 252 g/mol. The molecule has 0 saturated carbocycles. The number of nitriles is 1. The van der Waals surface area contributed by atoms with Crippen LogP contribution in [0.25, 0.3) is 11.3 Å². The predicted molar refractivity (Wildman–Crippen MR) is 75.8 cm³/mol. The van der Waals surface area contributed by atoms with E-state index in [1.807, 2.05) is 39.0 Å². The number of nitrogens with zero attached hydrogens (tertiary/aromatic N) is 3. The Bertz CT molecular complexity index is 641. The van der Waals surface area contributed by atoms with Crippen LogP contribution in [-0.2, 0) is 0 Å². The second-order valence-corrected chi connectivity index (χ2v) is 4.31. The number of hydrogen-bond donors (Lipinski definition) is 1. The minimum atomic E-state index is 0.625. The molecule has 0 aliphatic heterocycles. The number of rotatable bonds is 3. The van der Waals surface area contributed by atoms with Crippen LogP contribution in [0, 0.1) is 25.2 Å². The zero-order chi connectivity index (χ0) is 13.8. The predicted octanol–water partition coefficient (Wildman–Crippen LogP) is 3.06. The lowest BCUT2D eigenvalue weighted by Gasteiger charge is -2.12. The molecule has 19 heavy (non-hydrogen) atoms. The molecule has 0 aliphatic carbocycles. The summed E-state index contributed by atoms with van der Waals surface area (Å²) < 4.78 is 0. The summed E-state index contributed by atoms with van der Waals surface area (Å²) in [6, 6.07) is 9.57. The lowest BCUT2D eigenvalue weighted by atomic mass is 10.1. The van der Waals surface area contributed by atoms with Crippen LogP contribution in [0.15, 0.2) is 24.3 Å². The molecule has 2 rings (SSSR count). The third kappa shape index (κ3) is 2.71. The fourth-order valence-corrected chi connectivity index (χ4v) is 1.83. The largest absolute Gasteiger partial charge is 0.369 e. The fourth-order valence-electron chi connectivity index (χ4n) is 1.83. The van der Waals surface area contributed by atoms with Gasteiger partial charge in [-0.05, 0) is 32.9 Å². The van der Waals surface area contributed by atoms with Crippen molar-refractivity contribution in [3.05, 3.63) is 41.2 Å². The molecular formula is C15H16N4. The van der Waals surface area contributed by atoms with Crippen molar-refractivity contribution in [3.8, 4) is 17.3 Å². The molecule has 0 amide bonds. The van der Waals surface area contributed by atoms with Crippen molar-refractivity contribution < 1.29 is 0 Å². The average Bonchev–Trinajstić information content (AvgIpc) is 2.43. The molecule has 0 atom stereocenters. The third-order valence-corrected chi connectivity index (χ3v) is 2.92. The summed E-state index contributed by atoms with van der Waals surface area (Å²) in [7, 11) is 0. The van der Waals surface area contributed by atoms with E-state index in [2.05, 4.69) is 21.4 Å². The van der Waals surface area contributed by atoms with Gasteiger partial charge in [-0.2, -0.15) is 5.26 Å². The van der Waals surface area contributed by atoms with Crippen LogP contribution in [0.1, 0.15) is 23.9 Å². The minimum Gasteiger partial charge on any atom is -0.369 e. The van der Waals surface area contributed by atoms with Crippen molar-refractivity contribution in [2.24, 2.45) is 0 Å². The van der Waals surface area contributed by atoms with Gasteiger partial charge in [-0.3, -0.25) is 0 Å². The molecule has 1 N–H and O–H groups in total. The maximum absolute atomic E-state index is 8.98. The Labute approximate surface area is 113 Å². The third-order valence-electron chi connectivity index (χ3n) is 2.92. The molecule has 4 heteroatoms. The Morgan fingerprint density at radius 3 is 2.63 bits per heavy atom. The van der Waals surface area contributed by atoms with Crippen molar-refractivity contribution >= 4 is 5.82 Å². The maximum Gasteiger partial charge on any atom is 0.152 e. The van der Waals surface area contributed by atoms with E-state index in [1.165, 1.54) is 0 Å². The second-order valence-electron chi connectivity index (χ2n) is 4.31. The molecule has 0 radical (unpaired) electrons. The smallest absolute Gasteiger partial charge is 0.152 e. The standard InChI is InChI=1S/C15H16N4/c1-4-17-15-14(18-10(2)11(3)19-15)13-7-5-6-12(8-13)9-16/h5-8H,4H2,1-3H3,(H,17,19). The topological polar surface area (TPSA) is 61.6 Å². The molecule has 0 unspecified atom stereocenters. The minimum absolute atomic E-state index is 0.625. The van der Waals surface area contributed by atoms with Crippen molar-refractivity contribution in [3.63, 3.8) is 0 Å². The van der Waals surface area contributed by atoms with Gasteiger partial charge in [-0.1, -0.05) is 12.1 Å². The molecular weight excluding hydrogens is 236 g/mol. The maximum atomic E-state index is 8.98. The van der Waals surface area contributed by atoms with E-state index in [-0.39, 0.29) is 0 Å². The van der Waals surface area contributed by atoms with Crippen molar-refractivity contribution in [1.82, 2.24) is 9.97 Å². The molecule has 2 aromatic rings. The normalized spacial score (nSPS) is 10.0. The molecule has 0 aliphatic rings. The summed E-state index contributed by atoms with van der Waals surface area (Å²) in [6.45, 7) is 6.68. The molecule has 4 nitrogen and oxygen atoms in total. The van der Waals surface area contributed by atoms with E-state index in [1.54, 1.807) is 6.07 Å². The Morgan fingerprint density at radius 2 is 1.95 bits per heavy atom. The highest BCUT2D eigenvalue weighted by atomic mass is 15.0. The highest BCUT2D eigenvalue weighted by Gasteiger charge is 2.11. The van der Waals surface area contributed by atoms with Crippen molar-refractivity contribution in [2.45, 2.75) is 20.8 Å².